The quantitative estimate of drug-likeness (QED) is 0.653. The van der Waals surface area contributed by atoms with Crippen molar-refractivity contribution in [2.45, 2.75) is 45.7 Å². The Kier molecular flexibility index (Phi) is 6.49. The number of rotatable bonds is 6. The van der Waals surface area contributed by atoms with Gasteiger partial charge in [-0.05, 0) is 26.7 Å². The molecule has 0 aliphatic rings. The van der Waals surface area contributed by atoms with Crippen molar-refractivity contribution in [2.75, 3.05) is 13.2 Å². The first-order valence-electron chi connectivity index (χ1n) is 5.21. The van der Waals surface area contributed by atoms with E-state index in [1.54, 1.807) is 4.90 Å². The lowest BCUT2D eigenvalue weighted by molar-refractivity contribution is -0.134. The summed E-state index contributed by atoms with van der Waals surface area (Å²) in [6, 6.07) is -0.261. The van der Waals surface area contributed by atoms with Gasteiger partial charge in [0.2, 0.25) is 5.91 Å². The largest absolute Gasteiger partial charge is 0.396 e. The van der Waals surface area contributed by atoms with Crippen LogP contribution in [0.5, 0.6) is 0 Å². The van der Waals surface area contributed by atoms with Crippen molar-refractivity contribution in [1.82, 2.24) is 4.90 Å². The number of aliphatic hydroxyl groups is 1. The van der Waals surface area contributed by atoms with E-state index >= 15 is 0 Å². The maximum Gasteiger partial charge on any atom is 0.239 e. The second-order valence-electron chi connectivity index (χ2n) is 3.72. The highest BCUT2D eigenvalue weighted by Crippen LogP contribution is 2.04. The van der Waals surface area contributed by atoms with Gasteiger partial charge in [-0.1, -0.05) is 6.92 Å². The number of nitrogens with two attached hydrogens (primary N) is 1. The Morgan fingerprint density at radius 3 is 2.43 bits per heavy atom. The van der Waals surface area contributed by atoms with E-state index in [0.29, 0.717) is 19.4 Å². The van der Waals surface area contributed by atoms with Crippen LogP contribution < -0.4 is 5.73 Å². The highest BCUT2D eigenvalue weighted by atomic mass is 16.3. The lowest BCUT2D eigenvalue weighted by Crippen LogP contribution is -2.47. The molecule has 1 amide bonds. The van der Waals surface area contributed by atoms with Gasteiger partial charge in [-0.3, -0.25) is 4.79 Å². The van der Waals surface area contributed by atoms with Crippen LogP contribution in [-0.2, 0) is 4.79 Å². The Balaban J connectivity index is 4.25. The standard InChI is InChI=1S/C10H22N2O2/c1-4-9(11)10(14)12(8(2)3)6-5-7-13/h8-9,13H,4-7,11H2,1-3H3/t9-/m0/s1. The molecule has 0 saturated carbocycles. The summed E-state index contributed by atoms with van der Waals surface area (Å²) in [7, 11) is 0. The molecule has 84 valence electrons. The van der Waals surface area contributed by atoms with Crippen molar-refractivity contribution in [3.05, 3.63) is 0 Å². The molecule has 3 N–H and O–H groups in total. The maximum atomic E-state index is 11.7. The van der Waals surface area contributed by atoms with Crippen LogP contribution in [0.3, 0.4) is 0 Å². The molecule has 0 aliphatic carbocycles. The number of amides is 1. The summed E-state index contributed by atoms with van der Waals surface area (Å²) in [4.78, 5) is 13.5. The highest BCUT2D eigenvalue weighted by molar-refractivity contribution is 5.81. The van der Waals surface area contributed by atoms with E-state index in [4.69, 9.17) is 10.8 Å². The van der Waals surface area contributed by atoms with Crippen LogP contribution in [0.4, 0.5) is 0 Å². The third-order valence-electron chi connectivity index (χ3n) is 2.22. The van der Waals surface area contributed by atoms with Gasteiger partial charge >= 0.3 is 0 Å². The minimum Gasteiger partial charge on any atom is -0.396 e. The zero-order valence-electron chi connectivity index (χ0n) is 9.36. The first kappa shape index (κ1) is 13.4. The predicted molar refractivity (Wildman–Crippen MR) is 56.8 cm³/mol. The smallest absolute Gasteiger partial charge is 0.239 e. The fraction of sp³-hybridized carbons (Fsp3) is 0.900. The predicted octanol–water partition coefficient (Wildman–Crippen LogP) is 0.343. The van der Waals surface area contributed by atoms with Gasteiger partial charge in [0.1, 0.15) is 0 Å². The molecule has 0 fully saturated rings. The summed E-state index contributed by atoms with van der Waals surface area (Å²) in [5.74, 6) is -0.0176. The monoisotopic (exact) mass is 202 g/mol. The maximum absolute atomic E-state index is 11.7. The lowest BCUT2D eigenvalue weighted by Gasteiger charge is -2.28. The van der Waals surface area contributed by atoms with Crippen molar-refractivity contribution in [3.8, 4) is 0 Å². The highest BCUT2D eigenvalue weighted by Gasteiger charge is 2.21. The third-order valence-corrected chi connectivity index (χ3v) is 2.22. The van der Waals surface area contributed by atoms with Gasteiger partial charge < -0.3 is 15.7 Å². The van der Waals surface area contributed by atoms with Crippen LogP contribution in [0, 0.1) is 0 Å². The van der Waals surface area contributed by atoms with Crippen LogP contribution in [0.15, 0.2) is 0 Å². The Labute approximate surface area is 86.1 Å². The van der Waals surface area contributed by atoms with E-state index in [0.717, 1.165) is 0 Å². The summed E-state index contributed by atoms with van der Waals surface area (Å²) in [6.45, 7) is 6.50. The van der Waals surface area contributed by atoms with E-state index in [1.165, 1.54) is 0 Å². The van der Waals surface area contributed by atoms with Crippen LogP contribution in [0.1, 0.15) is 33.6 Å². The summed E-state index contributed by atoms with van der Waals surface area (Å²) in [5, 5.41) is 8.71. The van der Waals surface area contributed by atoms with Crippen molar-refractivity contribution < 1.29 is 9.90 Å². The second-order valence-corrected chi connectivity index (χ2v) is 3.72. The first-order valence-corrected chi connectivity index (χ1v) is 5.21. The van der Waals surface area contributed by atoms with E-state index in [-0.39, 0.29) is 18.6 Å². The van der Waals surface area contributed by atoms with Gasteiger partial charge in [0, 0.05) is 19.2 Å². The van der Waals surface area contributed by atoms with Crippen molar-refractivity contribution >= 4 is 5.91 Å². The van der Waals surface area contributed by atoms with Gasteiger partial charge in [0.25, 0.3) is 0 Å². The lowest BCUT2D eigenvalue weighted by atomic mass is 10.1. The Hall–Kier alpha value is -0.610. The third kappa shape index (κ3) is 4.07. The zero-order chi connectivity index (χ0) is 11.1. The van der Waals surface area contributed by atoms with Crippen molar-refractivity contribution in [3.63, 3.8) is 0 Å². The molecule has 0 aromatic heterocycles. The molecular weight excluding hydrogens is 180 g/mol. The second kappa shape index (κ2) is 6.79. The number of carbonyl (C=O) groups excluding carboxylic acids is 1. The van der Waals surface area contributed by atoms with Crippen molar-refractivity contribution in [1.29, 1.82) is 0 Å². The molecule has 0 aliphatic heterocycles. The first-order chi connectivity index (χ1) is 6.54. The summed E-state index contributed by atoms with van der Waals surface area (Å²) < 4.78 is 0. The normalized spacial score (nSPS) is 13.0. The topological polar surface area (TPSA) is 66.6 Å². The van der Waals surface area contributed by atoms with E-state index in [1.807, 2.05) is 20.8 Å². The molecule has 1 atom stereocenters. The van der Waals surface area contributed by atoms with E-state index < -0.39 is 6.04 Å². The molecule has 0 unspecified atom stereocenters. The van der Waals surface area contributed by atoms with Gasteiger partial charge in [0.15, 0.2) is 0 Å². The zero-order valence-corrected chi connectivity index (χ0v) is 9.36. The fourth-order valence-corrected chi connectivity index (χ4v) is 1.25. The fourth-order valence-electron chi connectivity index (χ4n) is 1.25. The van der Waals surface area contributed by atoms with Gasteiger partial charge in [0.05, 0.1) is 6.04 Å². The van der Waals surface area contributed by atoms with E-state index in [2.05, 4.69) is 0 Å². The molecule has 4 heteroatoms. The molecule has 0 radical (unpaired) electrons. The van der Waals surface area contributed by atoms with Crippen LogP contribution in [0.2, 0.25) is 0 Å². The molecule has 0 rings (SSSR count). The molecular formula is C10H22N2O2. The van der Waals surface area contributed by atoms with E-state index in [9.17, 15) is 4.79 Å². The van der Waals surface area contributed by atoms with Crippen molar-refractivity contribution in [2.24, 2.45) is 5.73 Å². The molecule has 0 heterocycles. The van der Waals surface area contributed by atoms with Crippen LogP contribution in [0.25, 0.3) is 0 Å². The van der Waals surface area contributed by atoms with Gasteiger partial charge in [-0.2, -0.15) is 0 Å². The molecule has 0 bridgehead atoms. The average molecular weight is 202 g/mol. The molecule has 0 aromatic rings. The summed E-state index contributed by atoms with van der Waals surface area (Å²) in [6.07, 6.45) is 1.27. The number of nitrogens with zero attached hydrogens (tertiary/aromatic N) is 1. The number of hydrogen-bond acceptors (Lipinski definition) is 3. The average Bonchev–Trinajstić information content (AvgIpc) is 2.16. The molecule has 0 saturated heterocycles. The number of aliphatic hydroxyl groups excluding tert-OH is 1. The number of hydrogen-bond donors (Lipinski definition) is 2. The Morgan fingerprint density at radius 1 is 1.50 bits per heavy atom. The molecule has 14 heavy (non-hydrogen) atoms. The van der Waals surface area contributed by atoms with Crippen LogP contribution >= 0.6 is 0 Å². The van der Waals surface area contributed by atoms with Gasteiger partial charge in [-0.25, -0.2) is 0 Å². The molecule has 0 aromatic carbocycles. The minimum atomic E-state index is -0.406. The number of carbonyl (C=O) groups is 1. The summed E-state index contributed by atoms with van der Waals surface area (Å²) >= 11 is 0. The summed E-state index contributed by atoms with van der Waals surface area (Å²) in [5.41, 5.74) is 5.67. The minimum absolute atomic E-state index is 0.0176. The van der Waals surface area contributed by atoms with Crippen LogP contribution in [-0.4, -0.2) is 41.1 Å². The molecule has 4 nitrogen and oxygen atoms in total. The Bertz CT molecular complexity index is 172. The SMILES string of the molecule is CC[C@H](N)C(=O)N(CCCO)C(C)C. The molecule has 0 spiro atoms. The Morgan fingerprint density at radius 2 is 2.07 bits per heavy atom. The van der Waals surface area contributed by atoms with Gasteiger partial charge in [-0.15, -0.1) is 0 Å².